The fraction of sp³-hybridized carbons (Fsp3) is 0.615. The summed E-state index contributed by atoms with van der Waals surface area (Å²) in [4.78, 5) is 20.0. The number of carboxylic acid groups (broad SMARTS) is 1. The van der Waals surface area contributed by atoms with E-state index in [1.54, 1.807) is 0 Å². The van der Waals surface area contributed by atoms with Gasteiger partial charge in [0, 0.05) is 17.8 Å². The zero-order chi connectivity index (χ0) is 11.8. The molecular formula is C13H16N2O2. The lowest BCUT2D eigenvalue weighted by Gasteiger charge is -2.26. The fourth-order valence-corrected chi connectivity index (χ4v) is 2.60. The van der Waals surface area contributed by atoms with E-state index in [4.69, 9.17) is 5.11 Å². The molecule has 2 aliphatic rings. The largest absolute Gasteiger partial charge is 0.481 e. The van der Waals surface area contributed by atoms with Gasteiger partial charge in [-0.15, -0.1) is 0 Å². The second-order valence-corrected chi connectivity index (χ2v) is 5.11. The lowest BCUT2D eigenvalue weighted by Crippen LogP contribution is -2.24. The Bertz CT molecular complexity index is 455. The number of rotatable bonds is 2. The van der Waals surface area contributed by atoms with Gasteiger partial charge in [0.2, 0.25) is 0 Å². The Morgan fingerprint density at radius 1 is 1.35 bits per heavy atom. The molecule has 0 aliphatic heterocycles. The zero-order valence-electron chi connectivity index (χ0n) is 9.72. The molecule has 0 amide bonds. The number of aryl methyl sites for hydroxylation is 1. The average Bonchev–Trinajstić information content (AvgIpc) is 2.26. The lowest BCUT2D eigenvalue weighted by atomic mass is 9.83. The van der Waals surface area contributed by atoms with E-state index < -0.39 is 5.97 Å². The molecule has 1 fully saturated rings. The number of carboxylic acids is 1. The standard InChI is InChI=1S/C13H16N2O2/c16-13(17)9-4-5-11-10(6-9)7-14-12(15-11)8-2-1-3-8/h7-9H,1-6H2,(H,16,17). The topological polar surface area (TPSA) is 63.1 Å². The van der Waals surface area contributed by atoms with Crippen molar-refractivity contribution in [2.24, 2.45) is 5.92 Å². The van der Waals surface area contributed by atoms with E-state index in [9.17, 15) is 4.79 Å². The van der Waals surface area contributed by atoms with Gasteiger partial charge in [-0.25, -0.2) is 9.97 Å². The van der Waals surface area contributed by atoms with Crippen molar-refractivity contribution in [2.45, 2.75) is 44.4 Å². The van der Waals surface area contributed by atoms with E-state index in [1.807, 2.05) is 6.20 Å². The highest BCUT2D eigenvalue weighted by molar-refractivity contribution is 5.70. The third kappa shape index (κ3) is 1.92. The lowest BCUT2D eigenvalue weighted by molar-refractivity contribution is -0.142. The van der Waals surface area contributed by atoms with Gasteiger partial charge >= 0.3 is 5.97 Å². The molecule has 0 bridgehead atoms. The number of aromatic nitrogens is 2. The molecule has 1 aromatic rings. The second kappa shape index (κ2) is 4.09. The first-order chi connectivity index (χ1) is 8.24. The molecule has 4 heteroatoms. The normalized spacial score (nSPS) is 23.9. The van der Waals surface area contributed by atoms with Crippen LogP contribution in [0.4, 0.5) is 0 Å². The maximum absolute atomic E-state index is 11.0. The number of fused-ring (bicyclic) bond motifs is 1. The minimum absolute atomic E-state index is 0.249. The van der Waals surface area contributed by atoms with E-state index in [2.05, 4.69) is 9.97 Å². The first kappa shape index (κ1) is 10.7. The molecular weight excluding hydrogens is 216 g/mol. The number of aliphatic carboxylic acids is 1. The Morgan fingerprint density at radius 3 is 2.82 bits per heavy atom. The Morgan fingerprint density at radius 2 is 2.18 bits per heavy atom. The van der Waals surface area contributed by atoms with Crippen molar-refractivity contribution < 1.29 is 9.90 Å². The van der Waals surface area contributed by atoms with Gasteiger partial charge in [-0.1, -0.05) is 6.42 Å². The van der Waals surface area contributed by atoms with E-state index in [1.165, 1.54) is 19.3 Å². The molecule has 2 aliphatic carbocycles. The molecule has 17 heavy (non-hydrogen) atoms. The molecule has 1 aromatic heterocycles. The molecule has 0 spiro atoms. The summed E-state index contributed by atoms with van der Waals surface area (Å²) in [5.41, 5.74) is 2.12. The molecule has 0 saturated heterocycles. The summed E-state index contributed by atoms with van der Waals surface area (Å²) in [6.07, 6.45) is 7.64. The molecule has 1 unspecified atom stereocenters. The van der Waals surface area contributed by atoms with Crippen molar-refractivity contribution in [1.82, 2.24) is 9.97 Å². The second-order valence-electron chi connectivity index (χ2n) is 5.11. The van der Waals surface area contributed by atoms with Crippen molar-refractivity contribution in [3.05, 3.63) is 23.3 Å². The van der Waals surface area contributed by atoms with Crippen LogP contribution >= 0.6 is 0 Å². The summed E-state index contributed by atoms with van der Waals surface area (Å²) < 4.78 is 0. The molecule has 3 rings (SSSR count). The summed E-state index contributed by atoms with van der Waals surface area (Å²) in [6.45, 7) is 0. The van der Waals surface area contributed by atoms with Crippen LogP contribution in [-0.2, 0) is 17.6 Å². The van der Waals surface area contributed by atoms with Crippen LogP contribution in [0.25, 0.3) is 0 Å². The quantitative estimate of drug-likeness (QED) is 0.846. The van der Waals surface area contributed by atoms with Crippen LogP contribution < -0.4 is 0 Å². The predicted molar refractivity (Wildman–Crippen MR) is 61.8 cm³/mol. The third-order valence-corrected chi connectivity index (χ3v) is 3.99. The van der Waals surface area contributed by atoms with Crippen molar-refractivity contribution in [1.29, 1.82) is 0 Å². The number of nitrogens with zero attached hydrogens (tertiary/aromatic N) is 2. The van der Waals surface area contributed by atoms with Gasteiger partial charge in [-0.2, -0.15) is 0 Å². The molecule has 1 atom stereocenters. The molecule has 4 nitrogen and oxygen atoms in total. The molecule has 1 heterocycles. The van der Waals surface area contributed by atoms with Gasteiger partial charge < -0.3 is 5.11 Å². The molecule has 1 saturated carbocycles. The smallest absolute Gasteiger partial charge is 0.306 e. The van der Waals surface area contributed by atoms with E-state index in [0.717, 1.165) is 23.5 Å². The maximum atomic E-state index is 11.0. The van der Waals surface area contributed by atoms with Crippen molar-refractivity contribution in [3.63, 3.8) is 0 Å². The van der Waals surface area contributed by atoms with Crippen LogP contribution in [0.3, 0.4) is 0 Å². The highest BCUT2D eigenvalue weighted by atomic mass is 16.4. The van der Waals surface area contributed by atoms with Crippen LogP contribution in [0.2, 0.25) is 0 Å². The van der Waals surface area contributed by atoms with Crippen molar-refractivity contribution >= 4 is 5.97 Å². The third-order valence-electron chi connectivity index (χ3n) is 3.99. The predicted octanol–water partition coefficient (Wildman–Crippen LogP) is 1.93. The summed E-state index contributed by atoms with van der Waals surface area (Å²) in [7, 11) is 0. The first-order valence-corrected chi connectivity index (χ1v) is 6.31. The van der Waals surface area contributed by atoms with Gasteiger partial charge in [0.15, 0.2) is 0 Å². The summed E-state index contributed by atoms with van der Waals surface area (Å²) >= 11 is 0. The van der Waals surface area contributed by atoms with Crippen LogP contribution in [0.5, 0.6) is 0 Å². The first-order valence-electron chi connectivity index (χ1n) is 6.31. The minimum atomic E-state index is -0.696. The Hall–Kier alpha value is -1.45. The van der Waals surface area contributed by atoms with Crippen molar-refractivity contribution in [2.75, 3.05) is 0 Å². The SMILES string of the molecule is O=C(O)C1CCc2nc(C3CCC3)ncc2C1. The van der Waals surface area contributed by atoms with Gasteiger partial charge in [-0.05, 0) is 37.7 Å². The van der Waals surface area contributed by atoms with E-state index in [0.29, 0.717) is 18.8 Å². The monoisotopic (exact) mass is 232 g/mol. The van der Waals surface area contributed by atoms with Crippen molar-refractivity contribution in [3.8, 4) is 0 Å². The summed E-state index contributed by atoms with van der Waals surface area (Å²) in [5, 5.41) is 9.01. The number of carbonyl (C=O) groups is 1. The van der Waals surface area contributed by atoms with Gasteiger partial charge in [-0.3, -0.25) is 4.79 Å². The highest BCUT2D eigenvalue weighted by Crippen LogP contribution is 2.35. The number of hydrogen-bond acceptors (Lipinski definition) is 3. The fourth-order valence-electron chi connectivity index (χ4n) is 2.60. The molecule has 90 valence electrons. The summed E-state index contributed by atoms with van der Waals surface area (Å²) in [5.74, 6) is 0.584. The van der Waals surface area contributed by atoms with Crippen LogP contribution in [0.1, 0.15) is 48.7 Å². The Kier molecular flexibility index (Phi) is 2.57. The zero-order valence-corrected chi connectivity index (χ0v) is 9.72. The molecule has 1 N–H and O–H groups in total. The van der Waals surface area contributed by atoms with E-state index >= 15 is 0 Å². The Balaban J connectivity index is 1.83. The average molecular weight is 232 g/mol. The van der Waals surface area contributed by atoms with Gasteiger partial charge in [0.1, 0.15) is 5.82 Å². The van der Waals surface area contributed by atoms with Crippen LogP contribution in [0.15, 0.2) is 6.20 Å². The Labute approximate surface area is 100 Å². The maximum Gasteiger partial charge on any atom is 0.306 e. The molecule has 0 radical (unpaired) electrons. The van der Waals surface area contributed by atoms with Crippen LogP contribution in [0, 0.1) is 5.92 Å². The number of hydrogen-bond donors (Lipinski definition) is 1. The molecule has 0 aromatic carbocycles. The highest BCUT2D eigenvalue weighted by Gasteiger charge is 2.28. The van der Waals surface area contributed by atoms with Gasteiger partial charge in [0.05, 0.1) is 5.92 Å². The van der Waals surface area contributed by atoms with E-state index in [-0.39, 0.29) is 5.92 Å². The minimum Gasteiger partial charge on any atom is -0.481 e. The van der Waals surface area contributed by atoms with Gasteiger partial charge in [0.25, 0.3) is 0 Å². The van der Waals surface area contributed by atoms with Crippen LogP contribution in [-0.4, -0.2) is 21.0 Å². The summed E-state index contributed by atoms with van der Waals surface area (Å²) in [6, 6.07) is 0.